The third-order valence-electron chi connectivity index (χ3n) is 7.95. The number of hydrogen-bond acceptors (Lipinski definition) is 4. The van der Waals surface area contributed by atoms with Crippen LogP contribution in [-0.4, -0.2) is 37.0 Å². The summed E-state index contributed by atoms with van der Waals surface area (Å²) in [4.78, 5) is 18.2. The SMILES string of the molecule is C=C(Nc1ccc(N2CCN(C(C(=O)Nc3ccccc3)c3ccccc3)CC2)cc1)c1ccccc1-c1ccccc1. The second kappa shape index (κ2) is 13.2. The van der Waals surface area contributed by atoms with E-state index in [1.807, 2.05) is 72.8 Å². The van der Waals surface area contributed by atoms with Crippen molar-refractivity contribution in [1.29, 1.82) is 0 Å². The van der Waals surface area contributed by atoms with E-state index in [9.17, 15) is 4.79 Å². The molecule has 6 rings (SSSR count). The van der Waals surface area contributed by atoms with E-state index >= 15 is 0 Å². The van der Waals surface area contributed by atoms with E-state index < -0.39 is 0 Å². The van der Waals surface area contributed by atoms with Crippen LogP contribution in [0.4, 0.5) is 17.1 Å². The maximum Gasteiger partial charge on any atom is 0.246 e. The highest BCUT2D eigenvalue weighted by atomic mass is 16.2. The smallest absolute Gasteiger partial charge is 0.246 e. The highest BCUT2D eigenvalue weighted by Crippen LogP contribution is 2.30. The van der Waals surface area contributed by atoms with Gasteiger partial charge >= 0.3 is 0 Å². The molecule has 43 heavy (non-hydrogen) atoms. The molecule has 214 valence electrons. The zero-order valence-electron chi connectivity index (χ0n) is 24.2. The molecule has 1 heterocycles. The van der Waals surface area contributed by atoms with Crippen LogP contribution >= 0.6 is 0 Å². The van der Waals surface area contributed by atoms with Crippen molar-refractivity contribution >= 4 is 28.7 Å². The molecule has 5 nitrogen and oxygen atoms in total. The first kappa shape index (κ1) is 28.0. The maximum absolute atomic E-state index is 13.5. The third kappa shape index (κ3) is 6.69. The number of anilines is 3. The minimum Gasteiger partial charge on any atom is -0.369 e. The molecule has 1 fully saturated rings. The fraction of sp³-hybridized carbons (Fsp3) is 0.132. The summed E-state index contributed by atoms with van der Waals surface area (Å²) in [6.45, 7) is 7.60. The van der Waals surface area contributed by atoms with E-state index in [1.165, 1.54) is 11.3 Å². The van der Waals surface area contributed by atoms with Crippen LogP contribution in [0.1, 0.15) is 17.2 Å². The summed E-state index contributed by atoms with van der Waals surface area (Å²) in [5, 5.41) is 6.62. The number of carbonyl (C=O) groups is 1. The van der Waals surface area contributed by atoms with Gasteiger partial charge in [0.15, 0.2) is 0 Å². The molecule has 1 amide bonds. The van der Waals surface area contributed by atoms with E-state index in [0.29, 0.717) is 0 Å². The molecule has 0 bridgehead atoms. The van der Waals surface area contributed by atoms with Crippen molar-refractivity contribution in [1.82, 2.24) is 4.90 Å². The first-order chi connectivity index (χ1) is 21.2. The molecule has 0 aromatic heterocycles. The van der Waals surface area contributed by atoms with Crippen molar-refractivity contribution in [3.05, 3.63) is 157 Å². The average molecular weight is 565 g/mol. The lowest BCUT2D eigenvalue weighted by atomic mass is 9.98. The van der Waals surface area contributed by atoms with Crippen LogP contribution in [0.3, 0.4) is 0 Å². The Morgan fingerprint density at radius 1 is 0.605 bits per heavy atom. The largest absolute Gasteiger partial charge is 0.369 e. The van der Waals surface area contributed by atoms with Gasteiger partial charge in [-0.25, -0.2) is 0 Å². The number of amides is 1. The predicted molar refractivity (Wildman–Crippen MR) is 179 cm³/mol. The minimum atomic E-state index is -0.347. The molecule has 1 unspecified atom stereocenters. The molecule has 0 saturated carbocycles. The van der Waals surface area contributed by atoms with Gasteiger partial charge in [-0.1, -0.05) is 110 Å². The summed E-state index contributed by atoms with van der Waals surface area (Å²) >= 11 is 0. The molecule has 5 aromatic rings. The molecule has 5 aromatic carbocycles. The molecule has 0 spiro atoms. The minimum absolute atomic E-state index is 0.00431. The van der Waals surface area contributed by atoms with E-state index in [2.05, 4.69) is 93.7 Å². The Bertz CT molecular complexity index is 1650. The van der Waals surface area contributed by atoms with Gasteiger partial charge in [-0.05, 0) is 53.1 Å². The van der Waals surface area contributed by atoms with Crippen LogP contribution in [-0.2, 0) is 4.79 Å². The lowest BCUT2D eigenvalue weighted by molar-refractivity contribution is -0.121. The van der Waals surface area contributed by atoms with E-state index in [0.717, 1.165) is 59.9 Å². The van der Waals surface area contributed by atoms with Gasteiger partial charge in [0.25, 0.3) is 0 Å². The first-order valence-corrected chi connectivity index (χ1v) is 14.8. The summed E-state index contributed by atoms with van der Waals surface area (Å²) in [5.74, 6) is -0.00431. The fourth-order valence-electron chi connectivity index (χ4n) is 5.75. The van der Waals surface area contributed by atoms with Crippen molar-refractivity contribution in [2.75, 3.05) is 41.7 Å². The monoisotopic (exact) mass is 564 g/mol. The molecule has 0 radical (unpaired) electrons. The van der Waals surface area contributed by atoms with Gasteiger partial charge in [0, 0.05) is 54.5 Å². The van der Waals surface area contributed by atoms with Gasteiger partial charge in [-0.3, -0.25) is 9.69 Å². The topological polar surface area (TPSA) is 47.6 Å². The molecule has 1 aliphatic rings. The van der Waals surface area contributed by atoms with E-state index in [-0.39, 0.29) is 11.9 Å². The average Bonchev–Trinajstić information content (AvgIpc) is 3.07. The standard InChI is InChI=1S/C38H36N4O/c1-29(35-19-11-12-20-36(35)30-13-5-2-6-14-30)39-33-21-23-34(24-22-33)41-25-27-42(28-26-41)37(31-15-7-3-8-16-31)38(43)40-32-17-9-4-10-18-32/h2-24,37,39H,1,25-28H2,(H,40,43). The molecule has 1 aliphatic heterocycles. The van der Waals surface area contributed by atoms with Gasteiger partial charge in [0.1, 0.15) is 6.04 Å². The summed E-state index contributed by atoms with van der Waals surface area (Å²) in [5.41, 5.74) is 8.26. The van der Waals surface area contributed by atoms with Gasteiger partial charge in [0.2, 0.25) is 5.91 Å². The Morgan fingerprint density at radius 2 is 1.16 bits per heavy atom. The Kier molecular flexibility index (Phi) is 8.62. The lowest BCUT2D eigenvalue weighted by Crippen LogP contribution is -2.50. The molecule has 1 saturated heterocycles. The Morgan fingerprint density at radius 3 is 1.84 bits per heavy atom. The van der Waals surface area contributed by atoms with Crippen molar-refractivity contribution in [2.45, 2.75) is 6.04 Å². The van der Waals surface area contributed by atoms with Crippen LogP contribution in [0.5, 0.6) is 0 Å². The number of rotatable bonds is 9. The van der Waals surface area contributed by atoms with Gasteiger partial charge in [-0.2, -0.15) is 0 Å². The van der Waals surface area contributed by atoms with Crippen LogP contribution in [0.15, 0.2) is 146 Å². The summed E-state index contributed by atoms with van der Waals surface area (Å²) in [7, 11) is 0. The van der Waals surface area contributed by atoms with Gasteiger partial charge < -0.3 is 15.5 Å². The molecule has 2 N–H and O–H groups in total. The third-order valence-corrected chi connectivity index (χ3v) is 7.95. The second-order valence-electron chi connectivity index (χ2n) is 10.8. The number of para-hydroxylation sites is 1. The Labute approximate surface area is 254 Å². The normalized spacial score (nSPS) is 14.1. The number of nitrogens with zero attached hydrogens (tertiary/aromatic N) is 2. The van der Waals surface area contributed by atoms with Crippen LogP contribution in [0.25, 0.3) is 16.8 Å². The molecule has 1 atom stereocenters. The summed E-state index contributed by atoms with van der Waals surface area (Å²) in [6.07, 6.45) is 0. The number of hydrogen-bond donors (Lipinski definition) is 2. The summed E-state index contributed by atoms with van der Waals surface area (Å²) in [6, 6.07) is 46.7. The van der Waals surface area contributed by atoms with Gasteiger partial charge in [-0.15, -0.1) is 0 Å². The van der Waals surface area contributed by atoms with E-state index in [1.54, 1.807) is 0 Å². The Balaban J connectivity index is 1.10. The molecule has 0 aliphatic carbocycles. The maximum atomic E-state index is 13.5. The molecule has 5 heteroatoms. The predicted octanol–water partition coefficient (Wildman–Crippen LogP) is 7.94. The van der Waals surface area contributed by atoms with Crippen molar-refractivity contribution in [3.8, 4) is 11.1 Å². The first-order valence-electron chi connectivity index (χ1n) is 14.8. The highest BCUT2D eigenvalue weighted by Gasteiger charge is 2.30. The number of piperazine rings is 1. The molecular formula is C38H36N4O. The number of benzene rings is 5. The van der Waals surface area contributed by atoms with Crippen molar-refractivity contribution in [3.63, 3.8) is 0 Å². The second-order valence-corrected chi connectivity index (χ2v) is 10.8. The van der Waals surface area contributed by atoms with Gasteiger partial charge in [0.05, 0.1) is 0 Å². The highest BCUT2D eigenvalue weighted by molar-refractivity contribution is 5.95. The zero-order chi connectivity index (χ0) is 29.4. The van der Waals surface area contributed by atoms with Crippen LogP contribution in [0.2, 0.25) is 0 Å². The Hall–Kier alpha value is -5.13. The quantitative estimate of drug-likeness (QED) is 0.191. The lowest BCUT2D eigenvalue weighted by Gasteiger charge is -2.39. The van der Waals surface area contributed by atoms with E-state index in [4.69, 9.17) is 0 Å². The van der Waals surface area contributed by atoms with Crippen molar-refractivity contribution < 1.29 is 4.79 Å². The number of carbonyl (C=O) groups excluding carboxylic acids is 1. The zero-order valence-corrected chi connectivity index (χ0v) is 24.2. The van der Waals surface area contributed by atoms with Crippen LogP contribution in [0, 0.1) is 0 Å². The summed E-state index contributed by atoms with van der Waals surface area (Å²) < 4.78 is 0. The van der Waals surface area contributed by atoms with Crippen LogP contribution < -0.4 is 15.5 Å². The van der Waals surface area contributed by atoms with Crippen molar-refractivity contribution in [2.24, 2.45) is 0 Å². The number of nitrogens with one attached hydrogen (secondary N) is 2. The fourth-order valence-corrected chi connectivity index (χ4v) is 5.75. The molecular weight excluding hydrogens is 528 g/mol.